The lowest BCUT2D eigenvalue weighted by molar-refractivity contribution is -0.152. The van der Waals surface area contributed by atoms with Gasteiger partial charge in [0.25, 0.3) is 0 Å². The normalized spacial score (nSPS) is 29.6. The van der Waals surface area contributed by atoms with E-state index in [1.807, 2.05) is 0 Å². The first kappa shape index (κ1) is 13.0. The lowest BCUT2D eigenvalue weighted by Gasteiger charge is -2.38. The summed E-state index contributed by atoms with van der Waals surface area (Å²) in [6.07, 6.45) is 8.05. The Morgan fingerprint density at radius 1 is 1.75 bits per heavy atom. The van der Waals surface area contributed by atoms with Crippen LogP contribution in [-0.4, -0.2) is 35.9 Å². The van der Waals surface area contributed by atoms with Gasteiger partial charge in [-0.05, 0) is 12.8 Å². The lowest BCUT2D eigenvalue weighted by Crippen LogP contribution is -2.57. The van der Waals surface area contributed by atoms with Crippen molar-refractivity contribution in [3.05, 3.63) is 0 Å². The van der Waals surface area contributed by atoms with Crippen LogP contribution >= 0.6 is 0 Å². The first-order valence-corrected chi connectivity index (χ1v) is 5.68. The lowest BCUT2D eigenvalue weighted by atomic mass is 9.85. The molecule has 1 fully saturated rings. The molecule has 4 heteroatoms. The summed E-state index contributed by atoms with van der Waals surface area (Å²) in [5.41, 5.74) is -0.898. The van der Waals surface area contributed by atoms with Crippen molar-refractivity contribution in [2.24, 2.45) is 0 Å². The smallest absolute Gasteiger partial charge is 0.324 e. The van der Waals surface area contributed by atoms with E-state index in [0.717, 1.165) is 12.8 Å². The topological polar surface area (TPSA) is 58.6 Å². The van der Waals surface area contributed by atoms with Crippen molar-refractivity contribution in [2.45, 2.75) is 44.2 Å². The minimum Gasteiger partial charge on any atom is -0.480 e. The van der Waals surface area contributed by atoms with E-state index in [9.17, 15) is 9.90 Å². The summed E-state index contributed by atoms with van der Waals surface area (Å²) < 4.78 is 5.55. The average molecular weight is 225 g/mol. The van der Waals surface area contributed by atoms with Gasteiger partial charge in [0.15, 0.2) is 0 Å². The van der Waals surface area contributed by atoms with E-state index in [0.29, 0.717) is 19.4 Å². The van der Waals surface area contributed by atoms with Gasteiger partial charge >= 0.3 is 5.97 Å². The highest BCUT2D eigenvalue weighted by Gasteiger charge is 2.42. The minimum absolute atomic E-state index is 0.0279. The van der Waals surface area contributed by atoms with Gasteiger partial charge in [-0.25, -0.2) is 0 Å². The molecule has 2 N–H and O–H groups in total. The molecule has 0 amide bonds. The molecule has 2 unspecified atom stereocenters. The standard InChI is InChI=1S/C12H19NO3/c1-3-5-10-9-12(11(14)15,6-8-16-10)13-7-4-2/h2,10,13H,3,5-9H2,1H3,(H,14,15). The number of ether oxygens (including phenoxy) is 1. The van der Waals surface area contributed by atoms with Crippen molar-refractivity contribution in [3.8, 4) is 12.3 Å². The number of nitrogens with one attached hydrogen (secondary N) is 1. The number of rotatable bonds is 5. The zero-order valence-corrected chi connectivity index (χ0v) is 9.66. The molecular formula is C12H19NO3. The van der Waals surface area contributed by atoms with Gasteiger partial charge in [0.05, 0.1) is 12.6 Å². The summed E-state index contributed by atoms with van der Waals surface area (Å²) in [5.74, 6) is 1.60. The molecule has 0 aromatic heterocycles. The van der Waals surface area contributed by atoms with Crippen molar-refractivity contribution >= 4 is 5.97 Å². The number of carboxylic acid groups (broad SMARTS) is 1. The second-order valence-electron chi connectivity index (χ2n) is 4.18. The third-order valence-corrected chi connectivity index (χ3v) is 3.01. The Bertz CT molecular complexity index is 282. The molecule has 1 saturated heterocycles. The molecule has 16 heavy (non-hydrogen) atoms. The molecule has 0 aromatic rings. The van der Waals surface area contributed by atoms with E-state index < -0.39 is 11.5 Å². The number of hydrogen-bond donors (Lipinski definition) is 2. The molecule has 1 aliphatic rings. The summed E-state index contributed by atoms with van der Waals surface area (Å²) in [6, 6.07) is 0. The number of terminal acetylenes is 1. The Kier molecular flexibility index (Phi) is 4.78. The highest BCUT2D eigenvalue weighted by molar-refractivity contribution is 5.79. The SMILES string of the molecule is C#CCNC1(C(=O)O)CCOC(CCC)C1. The number of carboxylic acids is 1. The van der Waals surface area contributed by atoms with E-state index in [-0.39, 0.29) is 12.6 Å². The highest BCUT2D eigenvalue weighted by atomic mass is 16.5. The van der Waals surface area contributed by atoms with Crippen molar-refractivity contribution in [3.63, 3.8) is 0 Å². The van der Waals surface area contributed by atoms with Gasteiger partial charge in [-0.1, -0.05) is 19.3 Å². The quantitative estimate of drug-likeness (QED) is 0.686. The van der Waals surface area contributed by atoms with Crippen LogP contribution < -0.4 is 5.32 Å². The molecule has 1 rings (SSSR count). The van der Waals surface area contributed by atoms with E-state index in [2.05, 4.69) is 18.2 Å². The predicted octanol–water partition coefficient (Wildman–Crippen LogP) is 1.01. The fourth-order valence-electron chi connectivity index (χ4n) is 2.11. The summed E-state index contributed by atoms with van der Waals surface area (Å²) in [4.78, 5) is 11.3. The van der Waals surface area contributed by atoms with Gasteiger partial charge in [-0.2, -0.15) is 0 Å². The van der Waals surface area contributed by atoms with E-state index in [1.165, 1.54) is 0 Å². The summed E-state index contributed by atoms with van der Waals surface area (Å²) in [7, 11) is 0. The summed E-state index contributed by atoms with van der Waals surface area (Å²) in [6.45, 7) is 2.83. The van der Waals surface area contributed by atoms with Crippen LogP contribution in [0.2, 0.25) is 0 Å². The van der Waals surface area contributed by atoms with Gasteiger partial charge in [-0.15, -0.1) is 6.42 Å². The molecule has 0 saturated carbocycles. The van der Waals surface area contributed by atoms with Crippen molar-refractivity contribution < 1.29 is 14.6 Å². The van der Waals surface area contributed by atoms with Crippen molar-refractivity contribution in [2.75, 3.05) is 13.2 Å². The van der Waals surface area contributed by atoms with Crippen LogP contribution in [0.1, 0.15) is 32.6 Å². The average Bonchev–Trinajstić information content (AvgIpc) is 2.27. The van der Waals surface area contributed by atoms with Crippen molar-refractivity contribution in [1.82, 2.24) is 5.32 Å². The minimum atomic E-state index is -0.898. The van der Waals surface area contributed by atoms with Crippen LogP contribution in [0.15, 0.2) is 0 Å². The first-order valence-electron chi connectivity index (χ1n) is 5.68. The number of hydrogen-bond acceptors (Lipinski definition) is 3. The maximum atomic E-state index is 11.3. The van der Waals surface area contributed by atoms with Crippen LogP contribution in [-0.2, 0) is 9.53 Å². The molecule has 1 heterocycles. The molecule has 0 bridgehead atoms. The second kappa shape index (κ2) is 5.88. The number of aliphatic carboxylic acids is 1. The zero-order valence-electron chi connectivity index (χ0n) is 9.66. The van der Waals surface area contributed by atoms with Crippen molar-refractivity contribution in [1.29, 1.82) is 0 Å². The van der Waals surface area contributed by atoms with Gasteiger partial charge in [0.1, 0.15) is 5.54 Å². The maximum Gasteiger partial charge on any atom is 0.324 e. The molecular weight excluding hydrogens is 206 g/mol. The van der Waals surface area contributed by atoms with Crippen LogP contribution in [0.3, 0.4) is 0 Å². The molecule has 1 aliphatic heterocycles. The predicted molar refractivity (Wildman–Crippen MR) is 61.1 cm³/mol. The third kappa shape index (κ3) is 2.97. The third-order valence-electron chi connectivity index (χ3n) is 3.01. The van der Waals surface area contributed by atoms with Gasteiger partial charge in [0, 0.05) is 13.0 Å². The Morgan fingerprint density at radius 3 is 3.06 bits per heavy atom. The molecule has 2 atom stereocenters. The molecule has 4 nitrogen and oxygen atoms in total. The summed E-state index contributed by atoms with van der Waals surface area (Å²) in [5, 5.41) is 12.3. The second-order valence-corrected chi connectivity index (χ2v) is 4.18. The Labute approximate surface area is 96.4 Å². The van der Waals surface area contributed by atoms with Gasteiger partial charge in [0.2, 0.25) is 0 Å². The van der Waals surface area contributed by atoms with Gasteiger partial charge in [-0.3, -0.25) is 10.1 Å². The fourth-order valence-corrected chi connectivity index (χ4v) is 2.11. The summed E-state index contributed by atoms with van der Waals surface area (Å²) >= 11 is 0. The molecule has 0 aromatic carbocycles. The van der Waals surface area contributed by atoms with Crippen LogP contribution in [0, 0.1) is 12.3 Å². The monoisotopic (exact) mass is 225 g/mol. The molecule has 90 valence electrons. The van der Waals surface area contributed by atoms with Crippen LogP contribution in [0.4, 0.5) is 0 Å². The number of carbonyl (C=O) groups is 1. The fraction of sp³-hybridized carbons (Fsp3) is 0.750. The Morgan fingerprint density at radius 2 is 2.50 bits per heavy atom. The van der Waals surface area contributed by atoms with Gasteiger partial charge < -0.3 is 9.84 Å². The maximum absolute atomic E-state index is 11.3. The van der Waals surface area contributed by atoms with E-state index >= 15 is 0 Å². The zero-order chi connectivity index (χ0) is 12.0. The van der Waals surface area contributed by atoms with Crippen LogP contribution in [0.5, 0.6) is 0 Å². The molecule has 0 spiro atoms. The Balaban J connectivity index is 2.68. The Hall–Kier alpha value is -1.05. The highest BCUT2D eigenvalue weighted by Crippen LogP contribution is 2.27. The first-order chi connectivity index (χ1) is 7.64. The largest absolute Gasteiger partial charge is 0.480 e. The van der Waals surface area contributed by atoms with E-state index in [1.54, 1.807) is 0 Å². The van der Waals surface area contributed by atoms with Crippen LogP contribution in [0.25, 0.3) is 0 Å². The molecule has 0 aliphatic carbocycles. The molecule has 0 radical (unpaired) electrons. The van der Waals surface area contributed by atoms with E-state index in [4.69, 9.17) is 11.2 Å².